The van der Waals surface area contributed by atoms with Crippen molar-refractivity contribution in [3.8, 4) is 0 Å². The van der Waals surface area contributed by atoms with Crippen LogP contribution in [-0.4, -0.2) is 24.2 Å². The van der Waals surface area contributed by atoms with Crippen molar-refractivity contribution in [2.24, 2.45) is 0 Å². The Morgan fingerprint density at radius 2 is 2.22 bits per heavy atom. The van der Waals surface area contributed by atoms with Crippen LogP contribution in [0.2, 0.25) is 0 Å². The zero-order valence-electron chi connectivity index (χ0n) is 10.2. The quantitative estimate of drug-likeness (QED) is 0.812. The maximum absolute atomic E-state index is 5.70. The molecule has 0 saturated carbocycles. The average molecular weight is 243 g/mol. The Morgan fingerprint density at radius 3 is 3.11 bits per heavy atom. The van der Waals surface area contributed by atoms with Gasteiger partial charge < -0.3 is 5.32 Å². The first-order valence-electron chi connectivity index (χ1n) is 6.39. The van der Waals surface area contributed by atoms with Gasteiger partial charge in [0.15, 0.2) is 5.82 Å². The Kier molecular flexibility index (Phi) is 3.39. The number of fused-ring (bicyclic) bond motifs is 1. The number of piperidine rings is 1. The molecule has 1 aliphatic heterocycles. The molecule has 94 valence electrons. The number of hydrogen-bond acceptors (Lipinski definition) is 4. The lowest BCUT2D eigenvalue weighted by molar-refractivity contribution is 0.0779. The number of anilines is 1. The van der Waals surface area contributed by atoms with E-state index in [-0.39, 0.29) is 6.10 Å². The second-order valence-corrected chi connectivity index (χ2v) is 4.57. The summed E-state index contributed by atoms with van der Waals surface area (Å²) in [7, 11) is 0. The second kappa shape index (κ2) is 5.33. The molecule has 2 N–H and O–H groups in total. The molecule has 0 bridgehead atoms. The number of pyridine rings is 1. The van der Waals surface area contributed by atoms with E-state index in [1.165, 1.54) is 5.39 Å². The molecule has 1 saturated heterocycles. The molecular formula is C14H17N3O. The lowest BCUT2D eigenvalue weighted by Crippen LogP contribution is -2.36. The topological polar surface area (TPSA) is 46.2 Å². The Hall–Kier alpha value is -1.65. The number of nitrogens with zero attached hydrogens (tertiary/aromatic N) is 1. The summed E-state index contributed by atoms with van der Waals surface area (Å²) in [6.07, 6.45) is 4.27. The third-order valence-corrected chi connectivity index (χ3v) is 3.25. The molecule has 0 radical (unpaired) electrons. The van der Waals surface area contributed by atoms with Crippen molar-refractivity contribution in [2.75, 3.05) is 18.6 Å². The van der Waals surface area contributed by atoms with Gasteiger partial charge in [-0.15, -0.1) is 0 Å². The van der Waals surface area contributed by atoms with E-state index in [4.69, 9.17) is 4.84 Å². The molecule has 18 heavy (non-hydrogen) atoms. The minimum absolute atomic E-state index is 0.222. The highest BCUT2D eigenvalue weighted by molar-refractivity contribution is 5.91. The first-order chi connectivity index (χ1) is 8.93. The van der Waals surface area contributed by atoms with E-state index in [1.54, 1.807) is 6.20 Å². The first kappa shape index (κ1) is 11.4. The molecule has 1 aromatic heterocycles. The normalized spacial score (nSPS) is 19.9. The third-order valence-electron chi connectivity index (χ3n) is 3.25. The summed E-state index contributed by atoms with van der Waals surface area (Å²) in [6, 6.07) is 10.2. The summed E-state index contributed by atoms with van der Waals surface area (Å²) in [5.41, 5.74) is 3.01. The van der Waals surface area contributed by atoms with Gasteiger partial charge in [0.2, 0.25) is 0 Å². The highest BCUT2D eigenvalue weighted by Crippen LogP contribution is 2.20. The zero-order valence-corrected chi connectivity index (χ0v) is 10.2. The summed E-state index contributed by atoms with van der Waals surface area (Å²) >= 11 is 0. The fourth-order valence-electron chi connectivity index (χ4n) is 2.26. The van der Waals surface area contributed by atoms with E-state index < -0.39 is 0 Å². The van der Waals surface area contributed by atoms with E-state index in [2.05, 4.69) is 21.8 Å². The molecule has 2 aromatic rings. The van der Waals surface area contributed by atoms with Crippen LogP contribution < -0.4 is 10.8 Å². The Labute approximate surface area is 106 Å². The van der Waals surface area contributed by atoms with E-state index in [1.807, 2.05) is 24.3 Å². The standard InChI is InChI=1S/C14H17N3O/c1-2-6-13-11(4-1)7-9-16-14(13)17-18-12-5-3-8-15-10-12/h1-2,4,6-7,9,12,15H,3,5,8,10H2,(H,16,17). The van der Waals surface area contributed by atoms with Crippen molar-refractivity contribution in [3.05, 3.63) is 36.5 Å². The summed E-state index contributed by atoms with van der Waals surface area (Å²) in [6.45, 7) is 1.99. The van der Waals surface area contributed by atoms with Gasteiger partial charge in [0.1, 0.15) is 0 Å². The molecule has 1 fully saturated rings. The summed E-state index contributed by atoms with van der Waals surface area (Å²) in [4.78, 5) is 10.0. The fraction of sp³-hybridized carbons (Fsp3) is 0.357. The van der Waals surface area contributed by atoms with Gasteiger partial charge in [0.05, 0.1) is 6.10 Å². The summed E-state index contributed by atoms with van der Waals surface area (Å²) in [5.74, 6) is 0.790. The van der Waals surface area contributed by atoms with Gasteiger partial charge in [-0.3, -0.25) is 4.84 Å². The molecule has 0 spiro atoms. The predicted molar refractivity (Wildman–Crippen MR) is 72.3 cm³/mol. The van der Waals surface area contributed by atoms with E-state index >= 15 is 0 Å². The van der Waals surface area contributed by atoms with E-state index in [0.717, 1.165) is 37.1 Å². The monoisotopic (exact) mass is 243 g/mol. The molecule has 4 heteroatoms. The molecule has 2 heterocycles. The van der Waals surface area contributed by atoms with Gasteiger partial charge in [-0.25, -0.2) is 10.5 Å². The Balaban J connectivity index is 1.74. The van der Waals surface area contributed by atoms with Crippen LogP contribution in [-0.2, 0) is 4.84 Å². The molecule has 0 aliphatic carbocycles. The molecule has 1 atom stereocenters. The lowest BCUT2D eigenvalue weighted by atomic mass is 10.1. The van der Waals surface area contributed by atoms with E-state index in [9.17, 15) is 0 Å². The van der Waals surface area contributed by atoms with Crippen LogP contribution in [0.5, 0.6) is 0 Å². The molecule has 0 amide bonds. The number of hydrogen-bond donors (Lipinski definition) is 2. The molecule has 3 rings (SSSR count). The Morgan fingerprint density at radius 1 is 1.28 bits per heavy atom. The van der Waals surface area contributed by atoms with Crippen LogP contribution in [0.15, 0.2) is 36.5 Å². The van der Waals surface area contributed by atoms with Crippen LogP contribution >= 0.6 is 0 Å². The van der Waals surface area contributed by atoms with Gasteiger partial charge in [-0.1, -0.05) is 24.3 Å². The van der Waals surface area contributed by atoms with Crippen LogP contribution in [0.3, 0.4) is 0 Å². The predicted octanol–water partition coefficient (Wildman–Crippen LogP) is 2.33. The van der Waals surface area contributed by atoms with E-state index in [0.29, 0.717) is 0 Å². The number of nitrogens with one attached hydrogen (secondary N) is 2. The summed E-state index contributed by atoms with van der Waals surface area (Å²) in [5, 5.41) is 5.58. The SMILES string of the molecule is c1ccc2c(NOC3CCCNC3)nccc2c1. The molecule has 4 nitrogen and oxygen atoms in total. The maximum Gasteiger partial charge on any atom is 0.157 e. The van der Waals surface area contributed by atoms with Crippen molar-refractivity contribution in [1.82, 2.24) is 10.3 Å². The second-order valence-electron chi connectivity index (χ2n) is 4.57. The largest absolute Gasteiger partial charge is 0.314 e. The average Bonchev–Trinajstić information content (AvgIpc) is 2.46. The molecule has 1 unspecified atom stereocenters. The first-order valence-corrected chi connectivity index (χ1v) is 6.39. The van der Waals surface area contributed by atoms with Gasteiger partial charge in [-0.2, -0.15) is 0 Å². The third kappa shape index (κ3) is 2.44. The van der Waals surface area contributed by atoms with Crippen molar-refractivity contribution in [3.63, 3.8) is 0 Å². The van der Waals surface area contributed by atoms with Crippen molar-refractivity contribution in [1.29, 1.82) is 0 Å². The van der Waals surface area contributed by atoms with Crippen LogP contribution in [0.4, 0.5) is 5.82 Å². The Bertz CT molecular complexity index is 518. The number of rotatable bonds is 3. The van der Waals surface area contributed by atoms with Gasteiger partial charge in [-0.05, 0) is 30.8 Å². The molecule has 1 aliphatic rings. The van der Waals surface area contributed by atoms with Crippen LogP contribution in [0.25, 0.3) is 10.8 Å². The smallest absolute Gasteiger partial charge is 0.157 e. The van der Waals surface area contributed by atoms with Gasteiger partial charge in [0, 0.05) is 18.1 Å². The van der Waals surface area contributed by atoms with Crippen molar-refractivity contribution in [2.45, 2.75) is 18.9 Å². The minimum Gasteiger partial charge on any atom is -0.314 e. The zero-order chi connectivity index (χ0) is 12.2. The van der Waals surface area contributed by atoms with Crippen LogP contribution in [0, 0.1) is 0 Å². The highest BCUT2D eigenvalue weighted by atomic mass is 16.7. The molecular weight excluding hydrogens is 226 g/mol. The van der Waals surface area contributed by atoms with Crippen LogP contribution in [0.1, 0.15) is 12.8 Å². The molecule has 1 aromatic carbocycles. The van der Waals surface area contributed by atoms with Gasteiger partial charge in [0.25, 0.3) is 0 Å². The highest BCUT2D eigenvalue weighted by Gasteiger charge is 2.14. The maximum atomic E-state index is 5.70. The number of benzene rings is 1. The van der Waals surface area contributed by atoms with Crippen molar-refractivity contribution < 1.29 is 4.84 Å². The lowest BCUT2D eigenvalue weighted by Gasteiger charge is -2.23. The fourth-order valence-corrected chi connectivity index (χ4v) is 2.26. The minimum atomic E-state index is 0.222. The van der Waals surface area contributed by atoms with Crippen molar-refractivity contribution >= 4 is 16.6 Å². The van der Waals surface area contributed by atoms with Gasteiger partial charge >= 0.3 is 0 Å². The number of aromatic nitrogens is 1. The summed E-state index contributed by atoms with van der Waals surface area (Å²) < 4.78 is 0.